The highest BCUT2D eigenvalue weighted by atomic mass is 16.3. The normalized spacial score (nSPS) is 16.0. The number of hydrogen-bond acceptors (Lipinski definition) is 7. The lowest BCUT2D eigenvalue weighted by atomic mass is 10.0. The summed E-state index contributed by atoms with van der Waals surface area (Å²) in [4.78, 5) is 38.1. The van der Waals surface area contributed by atoms with Gasteiger partial charge >= 0.3 is 0 Å². The third-order valence-corrected chi connectivity index (χ3v) is 5.93. The van der Waals surface area contributed by atoms with Gasteiger partial charge in [0.05, 0.1) is 12.1 Å². The number of nitrogens with one attached hydrogen (secondary N) is 4. The fourth-order valence-electron chi connectivity index (χ4n) is 3.52. The van der Waals surface area contributed by atoms with E-state index in [9.17, 15) is 19.5 Å². The minimum Gasteiger partial charge on any atom is -0.391 e. The average Bonchev–Trinajstić information content (AvgIpc) is 2.77. The molecule has 0 aliphatic rings. The zero-order valence-corrected chi connectivity index (χ0v) is 21.6. The maximum atomic E-state index is 12.9. The van der Waals surface area contributed by atoms with Crippen LogP contribution in [0.15, 0.2) is 0 Å². The van der Waals surface area contributed by atoms with Gasteiger partial charge in [0.2, 0.25) is 11.8 Å². The number of aliphatic hydroxyl groups is 1. The summed E-state index contributed by atoms with van der Waals surface area (Å²) in [6.07, 6.45) is 4.90. The highest BCUT2D eigenvalue weighted by Crippen LogP contribution is 2.12. The van der Waals surface area contributed by atoms with Gasteiger partial charge in [-0.3, -0.25) is 14.4 Å². The molecular formula is C24H49N5O4. The molecule has 194 valence electrons. The van der Waals surface area contributed by atoms with Crippen LogP contribution in [0.25, 0.3) is 0 Å². The Morgan fingerprint density at radius 3 is 2.09 bits per heavy atom. The van der Waals surface area contributed by atoms with Crippen LogP contribution in [-0.4, -0.2) is 73.6 Å². The zero-order valence-electron chi connectivity index (χ0n) is 21.6. The summed E-state index contributed by atoms with van der Waals surface area (Å²) in [5.41, 5.74) is 5.69. The van der Waals surface area contributed by atoms with Crippen molar-refractivity contribution in [2.45, 2.75) is 97.4 Å². The molecule has 0 unspecified atom stereocenters. The maximum absolute atomic E-state index is 12.9. The quantitative estimate of drug-likeness (QED) is 0.152. The largest absolute Gasteiger partial charge is 0.391 e. The molecule has 2 amide bonds. The smallest absolute Gasteiger partial charge is 0.245 e. The van der Waals surface area contributed by atoms with Gasteiger partial charge in [0.25, 0.3) is 0 Å². The van der Waals surface area contributed by atoms with Gasteiger partial charge < -0.3 is 32.1 Å². The highest BCUT2D eigenvalue weighted by molar-refractivity contribution is 5.94. The first-order valence-corrected chi connectivity index (χ1v) is 12.5. The van der Waals surface area contributed by atoms with Crippen molar-refractivity contribution in [2.24, 2.45) is 17.6 Å². The van der Waals surface area contributed by atoms with Crippen LogP contribution < -0.4 is 27.0 Å². The summed E-state index contributed by atoms with van der Waals surface area (Å²) in [6, 6.07) is -2.47. The number of likely N-dealkylation sites (N-methyl/N-ethyl adjacent to an activating group) is 1. The molecule has 0 heterocycles. The van der Waals surface area contributed by atoms with E-state index in [0.717, 1.165) is 25.2 Å². The lowest BCUT2D eigenvalue weighted by molar-refractivity contribution is -0.135. The lowest BCUT2D eigenvalue weighted by Crippen LogP contribution is -2.60. The molecule has 0 fully saturated rings. The van der Waals surface area contributed by atoms with Gasteiger partial charge in [-0.2, -0.15) is 0 Å². The van der Waals surface area contributed by atoms with E-state index < -0.39 is 30.1 Å². The molecule has 7 N–H and O–H groups in total. The van der Waals surface area contributed by atoms with Crippen LogP contribution >= 0.6 is 0 Å². The van der Waals surface area contributed by atoms with Crippen LogP contribution in [-0.2, 0) is 14.4 Å². The summed E-state index contributed by atoms with van der Waals surface area (Å²) in [7, 11) is 1.69. The number of carbonyl (C=O) groups is 3. The van der Waals surface area contributed by atoms with Crippen molar-refractivity contribution < 1.29 is 19.5 Å². The molecule has 0 spiro atoms. The Kier molecular flexibility index (Phi) is 17.0. The van der Waals surface area contributed by atoms with Crippen molar-refractivity contribution >= 4 is 17.6 Å². The average molecular weight is 472 g/mol. The molecule has 33 heavy (non-hydrogen) atoms. The van der Waals surface area contributed by atoms with Gasteiger partial charge in [-0.05, 0) is 45.8 Å². The van der Waals surface area contributed by atoms with E-state index >= 15 is 0 Å². The lowest BCUT2D eigenvalue weighted by Gasteiger charge is -2.27. The summed E-state index contributed by atoms with van der Waals surface area (Å²) in [5, 5.41) is 21.6. The number of amides is 2. The second-order valence-electron chi connectivity index (χ2n) is 9.35. The highest BCUT2D eigenvalue weighted by Gasteiger charge is 2.31. The van der Waals surface area contributed by atoms with E-state index in [4.69, 9.17) is 5.73 Å². The van der Waals surface area contributed by atoms with Crippen molar-refractivity contribution in [2.75, 3.05) is 26.7 Å². The fourth-order valence-corrected chi connectivity index (χ4v) is 3.52. The van der Waals surface area contributed by atoms with Gasteiger partial charge in [0.1, 0.15) is 12.1 Å². The maximum Gasteiger partial charge on any atom is 0.245 e. The summed E-state index contributed by atoms with van der Waals surface area (Å²) < 4.78 is 0. The fraction of sp³-hybridized carbons (Fsp3) is 0.875. The van der Waals surface area contributed by atoms with E-state index in [0.29, 0.717) is 19.5 Å². The van der Waals surface area contributed by atoms with Crippen molar-refractivity contribution in [3.63, 3.8) is 0 Å². The number of unbranched alkanes of at least 4 members (excludes halogenated alkanes) is 2. The predicted octanol–water partition coefficient (Wildman–Crippen LogP) is 0.695. The number of ketones is 1. The third kappa shape index (κ3) is 13.1. The van der Waals surface area contributed by atoms with Crippen molar-refractivity contribution in [1.29, 1.82) is 0 Å². The van der Waals surface area contributed by atoms with Crippen LogP contribution in [0.3, 0.4) is 0 Å². The minimum absolute atomic E-state index is 0.121. The predicted molar refractivity (Wildman–Crippen MR) is 133 cm³/mol. The molecule has 0 aromatic carbocycles. The molecule has 5 atom stereocenters. The Morgan fingerprint density at radius 1 is 0.909 bits per heavy atom. The Morgan fingerprint density at radius 2 is 1.58 bits per heavy atom. The van der Waals surface area contributed by atoms with Gasteiger partial charge in [0.15, 0.2) is 5.78 Å². The molecular weight excluding hydrogens is 422 g/mol. The van der Waals surface area contributed by atoms with Crippen LogP contribution in [0.5, 0.6) is 0 Å². The Balaban J connectivity index is 4.91. The topological polar surface area (TPSA) is 146 Å². The Bertz CT molecular complexity index is 571. The molecule has 0 aliphatic carbocycles. The Labute approximate surface area is 200 Å². The number of hydrogen-bond donors (Lipinski definition) is 6. The summed E-state index contributed by atoms with van der Waals surface area (Å²) in [6.45, 7) is 10.7. The van der Waals surface area contributed by atoms with Crippen molar-refractivity contribution in [3.8, 4) is 0 Å². The monoisotopic (exact) mass is 471 g/mol. The second kappa shape index (κ2) is 17.9. The number of rotatable bonds is 19. The molecule has 0 rings (SSSR count). The van der Waals surface area contributed by atoms with E-state index in [1.807, 2.05) is 0 Å². The van der Waals surface area contributed by atoms with Crippen LogP contribution in [0.2, 0.25) is 0 Å². The molecule has 9 heteroatoms. The first-order valence-electron chi connectivity index (χ1n) is 12.5. The molecule has 0 saturated heterocycles. The Hall–Kier alpha value is -1.55. The van der Waals surface area contributed by atoms with E-state index in [-0.39, 0.29) is 24.2 Å². The second-order valence-corrected chi connectivity index (χ2v) is 9.35. The van der Waals surface area contributed by atoms with E-state index in [1.54, 1.807) is 20.9 Å². The number of aliphatic hydroxyl groups excluding tert-OH is 1. The number of nitrogens with two attached hydrogens (primary N) is 1. The minimum atomic E-state index is -1.17. The van der Waals surface area contributed by atoms with E-state index in [2.05, 4.69) is 35.1 Å². The van der Waals surface area contributed by atoms with Gasteiger partial charge in [-0.1, -0.05) is 53.4 Å². The molecule has 9 nitrogen and oxygen atoms in total. The molecule has 0 radical (unpaired) electrons. The molecule has 0 aliphatic heterocycles. The summed E-state index contributed by atoms with van der Waals surface area (Å²) in [5.74, 6) is -0.623. The molecule has 0 aromatic rings. The van der Waals surface area contributed by atoms with Gasteiger partial charge in [-0.15, -0.1) is 0 Å². The SMILES string of the molecule is CC[C@H](C)CCCCCN[C@@H](CCN)C(=O)N[C@H](C(=O)N[C@@H](CNC)C(=O)C(C)C)[C@H](C)O. The van der Waals surface area contributed by atoms with Gasteiger partial charge in [0, 0.05) is 12.5 Å². The zero-order chi connectivity index (χ0) is 25.4. The van der Waals surface area contributed by atoms with Gasteiger partial charge in [-0.25, -0.2) is 0 Å². The number of carbonyl (C=O) groups excluding carboxylic acids is 3. The third-order valence-electron chi connectivity index (χ3n) is 5.93. The first-order chi connectivity index (χ1) is 15.6. The molecule has 0 bridgehead atoms. The van der Waals surface area contributed by atoms with Crippen LogP contribution in [0.4, 0.5) is 0 Å². The number of Topliss-reactive ketones (excluding diaryl/α,β-unsaturated/α-hetero) is 1. The molecule has 0 saturated carbocycles. The summed E-state index contributed by atoms with van der Waals surface area (Å²) >= 11 is 0. The van der Waals surface area contributed by atoms with Crippen LogP contribution in [0.1, 0.15) is 73.1 Å². The van der Waals surface area contributed by atoms with Crippen molar-refractivity contribution in [3.05, 3.63) is 0 Å². The van der Waals surface area contributed by atoms with Crippen LogP contribution in [0, 0.1) is 11.8 Å². The molecule has 0 aromatic heterocycles. The first kappa shape index (κ1) is 31.4. The standard InChI is InChI=1S/C24H49N5O4/c1-7-17(4)11-9-8-10-14-27-19(12-13-25)23(32)29-21(18(5)30)24(33)28-20(15-26-6)22(31)16(2)3/h16-21,26-27,30H,7-15,25H2,1-6H3,(H,28,33)(H,29,32)/t17-,18-,19-,20-,21-/m0/s1. The van der Waals surface area contributed by atoms with Crippen molar-refractivity contribution in [1.82, 2.24) is 21.3 Å². The van der Waals surface area contributed by atoms with E-state index in [1.165, 1.54) is 19.8 Å².